The van der Waals surface area contributed by atoms with Crippen LogP contribution in [0, 0.1) is 6.92 Å². The van der Waals surface area contributed by atoms with E-state index in [-0.39, 0.29) is 31.0 Å². The highest BCUT2D eigenvalue weighted by Crippen LogP contribution is 2.43. The minimum Gasteiger partial charge on any atom is -0.493 e. The Morgan fingerprint density at radius 2 is 1.81 bits per heavy atom. The molecule has 1 N–H and O–H groups in total. The number of aromatic nitrogens is 3. The van der Waals surface area contributed by atoms with Crippen molar-refractivity contribution in [1.29, 1.82) is 0 Å². The van der Waals surface area contributed by atoms with E-state index in [4.69, 9.17) is 16.3 Å². The molecule has 11 heteroatoms. The summed E-state index contributed by atoms with van der Waals surface area (Å²) in [6.45, 7) is 2.60. The Morgan fingerprint density at radius 1 is 1.05 bits per heavy atom. The number of halogens is 1. The highest BCUT2D eigenvalue weighted by molar-refractivity contribution is 7.89. The third-order valence-corrected chi connectivity index (χ3v) is 10.5. The summed E-state index contributed by atoms with van der Waals surface area (Å²) in [6.07, 6.45) is 1.28. The number of aryl methyl sites for hydroxylation is 3. The molecular formula is C32H33ClN4O5S. The summed E-state index contributed by atoms with van der Waals surface area (Å²) < 4.78 is 37.2. The summed E-state index contributed by atoms with van der Waals surface area (Å²) in [4.78, 5) is 12.9. The molecule has 6 rings (SSSR count). The van der Waals surface area contributed by atoms with E-state index in [0.717, 1.165) is 33.2 Å². The van der Waals surface area contributed by atoms with Gasteiger partial charge in [0.15, 0.2) is 0 Å². The zero-order valence-corrected chi connectivity index (χ0v) is 25.9. The van der Waals surface area contributed by atoms with Crippen molar-refractivity contribution in [3.8, 4) is 16.9 Å². The molecule has 0 saturated heterocycles. The molecule has 1 aliphatic rings. The Bertz CT molecular complexity index is 1990. The van der Waals surface area contributed by atoms with E-state index in [9.17, 15) is 18.3 Å². The van der Waals surface area contributed by atoms with Crippen LogP contribution in [-0.4, -0.2) is 57.6 Å². The van der Waals surface area contributed by atoms with Gasteiger partial charge in [-0.25, -0.2) is 13.2 Å². The number of sulfonamides is 1. The van der Waals surface area contributed by atoms with Crippen molar-refractivity contribution in [2.45, 2.75) is 39.3 Å². The molecule has 3 aromatic carbocycles. The van der Waals surface area contributed by atoms with Gasteiger partial charge < -0.3 is 14.4 Å². The van der Waals surface area contributed by atoms with Gasteiger partial charge in [0.1, 0.15) is 11.4 Å². The Hall–Kier alpha value is -3.86. The van der Waals surface area contributed by atoms with Gasteiger partial charge in [0, 0.05) is 48.2 Å². The summed E-state index contributed by atoms with van der Waals surface area (Å²) in [5.41, 5.74) is 4.30. The van der Waals surface area contributed by atoms with Crippen LogP contribution in [0.4, 0.5) is 0 Å². The first-order valence-electron chi connectivity index (χ1n) is 14.2. The van der Waals surface area contributed by atoms with E-state index in [1.165, 1.54) is 4.31 Å². The number of fused-ring (bicyclic) bond motifs is 3. The van der Waals surface area contributed by atoms with Gasteiger partial charge in [0.25, 0.3) is 0 Å². The smallest absolute Gasteiger partial charge is 0.352 e. The van der Waals surface area contributed by atoms with Crippen LogP contribution in [0.1, 0.15) is 40.3 Å². The van der Waals surface area contributed by atoms with Crippen LogP contribution < -0.4 is 4.74 Å². The first-order valence-corrected chi connectivity index (χ1v) is 16.2. The highest BCUT2D eigenvalue weighted by Gasteiger charge is 2.31. The number of carboxylic acid groups (broad SMARTS) is 1. The lowest BCUT2D eigenvalue weighted by Crippen LogP contribution is -2.29. The topological polar surface area (TPSA) is 107 Å². The summed E-state index contributed by atoms with van der Waals surface area (Å²) in [5.74, 6) is -0.400. The average Bonchev–Trinajstić information content (AvgIpc) is 3.43. The monoisotopic (exact) mass is 620 g/mol. The molecule has 9 nitrogen and oxygen atoms in total. The van der Waals surface area contributed by atoms with Gasteiger partial charge in [0.2, 0.25) is 10.0 Å². The molecule has 0 atom stereocenters. The predicted molar refractivity (Wildman–Crippen MR) is 168 cm³/mol. The second-order valence-corrected chi connectivity index (χ2v) is 13.6. The fraction of sp³-hybridized carbons (Fsp3) is 0.312. The summed E-state index contributed by atoms with van der Waals surface area (Å²) in [7, 11) is -0.250. The van der Waals surface area contributed by atoms with Crippen molar-refractivity contribution >= 4 is 49.3 Å². The first kappa shape index (κ1) is 29.2. The molecule has 0 aliphatic carbocycles. The maximum atomic E-state index is 13.1. The van der Waals surface area contributed by atoms with Gasteiger partial charge in [0.05, 0.1) is 35.1 Å². The average molecular weight is 621 g/mol. The minimum atomic E-state index is -3.60. The van der Waals surface area contributed by atoms with Crippen molar-refractivity contribution in [2.24, 2.45) is 7.05 Å². The van der Waals surface area contributed by atoms with Gasteiger partial charge in [-0.15, -0.1) is 0 Å². The van der Waals surface area contributed by atoms with Crippen LogP contribution in [0.3, 0.4) is 0 Å². The summed E-state index contributed by atoms with van der Waals surface area (Å²) in [5, 5.41) is 18.5. The number of carbonyl (C=O) groups is 1. The second-order valence-electron chi connectivity index (χ2n) is 11.0. The van der Waals surface area contributed by atoms with Crippen molar-refractivity contribution in [3.05, 3.63) is 82.3 Å². The Morgan fingerprint density at radius 3 is 2.60 bits per heavy atom. The minimum absolute atomic E-state index is 0.0803. The van der Waals surface area contributed by atoms with Crippen molar-refractivity contribution in [2.75, 3.05) is 19.4 Å². The van der Waals surface area contributed by atoms with Gasteiger partial charge >= 0.3 is 5.97 Å². The van der Waals surface area contributed by atoms with Crippen LogP contribution in [0.2, 0.25) is 5.02 Å². The number of benzene rings is 3. The molecule has 2 aromatic heterocycles. The molecule has 43 heavy (non-hydrogen) atoms. The third-order valence-electron chi connectivity index (χ3n) is 8.35. The molecule has 0 unspecified atom stereocenters. The maximum Gasteiger partial charge on any atom is 0.352 e. The number of rotatable bonds is 6. The molecular weight excluding hydrogens is 588 g/mol. The number of aromatic carboxylic acids is 1. The van der Waals surface area contributed by atoms with Gasteiger partial charge in [-0.1, -0.05) is 54.1 Å². The second kappa shape index (κ2) is 11.3. The Labute approximate surface area is 255 Å². The predicted octanol–water partition coefficient (Wildman–Crippen LogP) is 6.03. The van der Waals surface area contributed by atoms with Crippen molar-refractivity contribution in [3.63, 3.8) is 0 Å². The quantitative estimate of drug-likeness (QED) is 0.232. The van der Waals surface area contributed by atoms with E-state index in [0.29, 0.717) is 46.8 Å². The zero-order chi connectivity index (χ0) is 30.5. The van der Waals surface area contributed by atoms with Gasteiger partial charge in [-0.05, 0) is 49.3 Å². The SMILES string of the molecule is Cc1c2c(nn1C)CN(C)S(=O)(=O)CCCn1c(C(=O)O)c(CCCOc3cccc4ccccc34)c3ccc(Cl)c-2c31. The van der Waals surface area contributed by atoms with Gasteiger partial charge in [-0.2, -0.15) is 9.40 Å². The molecule has 0 amide bonds. The molecule has 1 aliphatic heterocycles. The van der Waals surface area contributed by atoms with E-state index >= 15 is 0 Å². The number of carboxylic acids is 1. The molecule has 0 radical (unpaired) electrons. The highest BCUT2D eigenvalue weighted by atomic mass is 35.5. The fourth-order valence-electron chi connectivity index (χ4n) is 6.19. The van der Waals surface area contributed by atoms with Crippen LogP contribution in [0.15, 0.2) is 54.6 Å². The van der Waals surface area contributed by atoms with Crippen LogP contribution in [-0.2, 0) is 36.6 Å². The lowest BCUT2D eigenvalue weighted by atomic mass is 9.98. The molecule has 3 heterocycles. The van der Waals surface area contributed by atoms with E-state index in [1.807, 2.05) is 55.5 Å². The van der Waals surface area contributed by atoms with Crippen LogP contribution >= 0.6 is 11.6 Å². The van der Waals surface area contributed by atoms with E-state index < -0.39 is 16.0 Å². The van der Waals surface area contributed by atoms with E-state index in [2.05, 4.69) is 5.10 Å². The maximum absolute atomic E-state index is 13.1. The van der Waals surface area contributed by atoms with Gasteiger partial charge in [-0.3, -0.25) is 4.68 Å². The van der Waals surface area contributed by atoms with Crippen molar-refractivity contribution < 1.29 is 23.1 Å². The normalized spacial score (nSPS) is 15.3. The summed E-state index contributed by atoms with van der Waals surface area (Å²) in [6, 6.07) is 17.6. The Balaban J connectivity index is 1.46. The lowest BCUT2D eigenvalue weighted by molar-refractivity contribution is 0.0684. The number of hydrogen-bond acceptors (Lipinski definition) is 5. The van der Waals surface area contributed by atoms with Crippen molar-refractivity contribution in [1.82, 2.24) is 18.7 Å². The zero-order valence-electron chi connectivity index (χ0n) is 24.3. The molecule has 0 spiro atoms. The number of hydrogen-bond donors (Lipinski definition) is 1. The van der Waals surface area contributed by atoms with Crippen LogP contribution in [0.25, 0.3) is 32.8 Å². The first-order chi connectivity index (χ1) is 20.6. The molecule has 5 aromatic rings. The third kappa shape index (κ3) is 5.17. The molecule has 0 saturated carbocycles. The molecule has 224 valence electrons. The lowest BCUT2D eigenvalue weighted by Gasteiger charge is -2.16. The van der Waals surface area contributed by atoms with E-state index in [1.54, 1.807) is 29.4 Å². The fourth-order valence-corrected chi connectivity index (χ4v) is 7.56. The molecule has 0 fully saturated rings. The molecule has 0 bridgehead atoms. The number of ether oxygens (including phenoxy) is 1. The standard InChI is InChI=1S/C32H33ClN4O5S/c1-20-28-26(34-36(20)3)19-35(2)43(40,41)18-8-16-37-30-24(14-15-25(33)29(28)30)23(31(37)32(38)39)12-7-17-42-27-13-6-10-21-9-4-5-11-22(21)27/h4-6,9-11,13-15H,7-8,12,16-19H2,1-3H3,(H,38,39). The Kier molecular flexibility index (Phi) is 7.70. The summed E-state index contributed by atoms with van der Waals surface area (Å²) >= 11 is 6.91. The largest absolute Gasteiger partial charge is 0.493 e. The number of nitrogens with zero attached hydrogens (tertiary/aromatic N) is 4. The van der Waals surface area contributed by atoms with Crippen LogP contribution in [0.5, 0.6) is 5.75 Å².